The van der Waals surface area contributed by atoms with E-state index in [1.54, 1.807) is 6.92 Å². The van der Waals surface area contributed by atoms with Gasteiger partial charge in [0, 0.05) is 16.6 Å². The van der Waals surface area contributed by atoms with Gasteiger partial charge in [-0.05, 0) is 45.2 Å². The molecule has 1 heterocycles. The molecule has 0 aliphatic heterocycles. The van der Waals surface area contributed by atoms with E-state index in [1.165, 1.54) is 0 Å². The third-order valence-electron chi connectivity index (χ3n) is 3.75. The summed E-state index contributed by atoms with van der Waals surface area (Å²) in [6, 6.07) is 11.2. The molecule has 2 amide bonds. The maximum absolute atomic E-state index is 12.1. The zero-order chi connectivity index (χ0) is 19.1. The number of hydrogen-bond acceptors (Lipinski definition) is 4. The molecule has 140 valence electrons. The summed E-state index contributed by atoms with van der Waals surface area (Å²) in [6.45, 7) is 4.72. The number of halogens is 1. The van der Waals surface area contributed by atoms with Crippen molar-refractivity contribution in [1.29, 1.82) is 0 Å². The molecule has 1 aromatic heterocycles. The fraction of sp³-hybridized carbons (Fsp3) is 0.368. The highest BCUT2D eigenvalue weighted by Gasteiger charge is 2.16. The number of benzene rings is 1. The van der Waals surface area contributed by atoms with Crippen LogP contribution in [0.1, 0.15) is 19.6 Å². The monoisotopic (exact) mass is 421 g/mol. The molecule has 0 radical (unpaired) electrons. The van der Waals surface area contributed by atoms with Crippen LogP contribution in [0.3, 0.4) is 0 Å². The minimum atomic E-state index is -0.552. The summed E-state index contributed by atoms with van der Waals surface area (Å²) in [6.07, 6.45) is 0. The summed E-state index contributed by atoms with van der Waals surface area (Å²) in [5.74, 6) is 1.17. The van der Waals surface area contributed by atoms with E-state index in [0.29, 0.717) is 13.1 Å². The van der Waals surface area contributed by atoms with Crippen molar-refractivity contribution in [2.24, 2.45) is 0 Å². The minimum absolute atomic E-state index is 0.179. The van der Waals surface area contributed by atoms with E-state index in [1.807, 2.05) is 55.3 Å². The smallest absolute Gasteiger partial charge is 0.242 e. The van der Waals surface area contributed by atoms with Gasteiger partial charge in [-0.1, -0.05) is 28.1 Å². The van der Waals surface area contributed by atoms with Crippen LogP contribution in [0, 0.1) is 0 Å². The van der Waals surface area contributed by atoms with Crippen molar-refractivity contribution in [3.8, 4) is 11.3 Å². The Hall–Kier alpha value is -2.12. The Morgan fingerprint density at radius 1 is 1.19 bits per heavy atom. The van der Waals surface area contributed by atoms with E-state index in [4.69, 9.17) is 4.42 Å². The lowest BCUT2D eigenvalue weighted by atomic mass is 10.2. The highest BCUT2D eigenvalue weighted by molar-refractivity contribution is 9.10. The van der Waals surface area contributed by atoms with E-state index in [2.05, 4.69) is 26.6 Å². The SMILES string of the molecule is CCNC(=O)[C@H](C)NC(=O)CN(C)Cc1ccc(-c2ccc(Br)cc2)o1. The number of carbonyl (C=O) groups excluding carboxylic acids is 2. The highest BCUT2D eigenvalue weighted by atomic mass is 79.9. The van der Waals surface area contributed by atoms with Crippen molar-refractivity contribution >= 4 is 27.7 Å². The summed E-state index contributed by atoms with van der Waals surface area (Å²) >= 11 is 3.41. The lowest BCUT2D eigenvalue weighted by Crippen LogP contribution is -2.47. The maximum Gasteiger partial charge on any atom is 0.242 e. The van der Waals surface area contributed by atoms with Gasteiger partial charge in [-0.2, -0.15) is 0 Å². The highest BCUT2D eigenvalue weighted by Crippen LogP contribution is 2.24. The predicted octanol–water partition coefficient (Wildman–Crippen LogP) is 2.78. The fourth-order valence-corrected chi connectivity index (χ4v) is 2.74. The number of likely N-dealkylation sites (N-methyl/N-ethyl adjacent to an activating group) is 2. The molecule has 0 saturated heterocycles. The van der Waals surface area contributed by atoms with E-state index >= 15 is 0 Å². The van der Waals surface area contributed by atoms with Crippen molar-refractivity contribution in [3.05, 3.63) is 46.6 Å². The average molecular weight is 422 g/mol. The molecule has 0 unspecified atom stereocenters. The molecular formula is C19H24BrN3O3. The molecule has 2 aromatic rings. The van der Waals surface area contributed by atoms with Gasteiger partial charge in [0.05, 0.1) is 13.1 Å². The molecule has 6 nitrogen and oxygen atoms in total. The van der Waals surface area contributed by atoms with Gasteiger partial charge in [0.1, 0.15) is 17.6 Å². The van der Waals surface area contributed by atoms with Gasteiger partial charge < -0.3 is 15.1 Å². The Morgan fingerprint density at radius 2 is 1.88 bits per heavy atom. The Balaban J connectivity index is 1.86. The van der Waals surface area contributed by atoms with Gasteiger partial charge in [0.25, 0.3) is 0 Å². The lowest BCUT2D eigenvalue weighted by Gasteiger charge is -2.17. The first-order valence-corrected chi connectivity index (χ1v) is 9.28. The molecule has 0 aliphatic rings. The van der Waals surface area contributed by atoms with Gasteiger partial charge in [-0.3, -0.25) is 14.5 Å². The van der Waals surface area contributed by atoms with E-state index in [-0.39, 0.29) is 18.4 Å². The van der Waals surface area contributed by atoms with Crippen molar-refractivity contribution < 1.29 is 14.0 Å². The first-order chi connectivity index (χ1) is 12.4. The Kier molecular flexibility index (Phi) is 7.41. The Morgan fingerprint density at radius 3 is 2.54 bits per heavy atom. The number of rotatable bonds is 8. The molecule has 2 N–H and O–H groups in total. The quantitative estimate of drug-likeness (QED) is 0.686. The number of amides is 2. The number of hydrogen-bond donors (Lipinski definition) is 2. The molecule has 26 heavy (non-hydrogen) atoms. The normalized spacial score (nSPS) is 12.0. The van der Waals surface area contributed by atoms with Crippen LogP contribution in [0.15, 0.2) is 45.3 Å². The molecule has 1 atom stereocenters. The summed E-state index contributed by atoms with van der Waals surface area (Å²) in [5.41, 5.74) is 0.996. The summed E-state index contributed by atoms with van der Waals surface area (Å²) in [4.78, 5) is 25.5. The standard InChI is InChI=1S/C19H24BrN3O3/c1-4-21-19(25)13(2)22-18(24)12-23(3)11-16-9-10-17(26-16)14-5-7-15(20)8-6-14/h5-10,13H,4,11-12H2,1-3H3,(H,21,25)(H,22,24)/t13-/m0/s1. The second-order valence-corrected chi connectivity index (χ2v) is 7.04. The number of nitrogens with one attached hydrogen (secondary N) is 2. The molecule has 0 saturated carbocycles. The van der Waals surface area contributed by atoms with Crippen LogP contribution < -0.4 is 10.6 Å². The Bertz CT molecular complexity index is 743. The van der Waals surface area contributed by atoms with Crippen molar-refractivity contribution in [2.75, 3.05) is 20.1 Å². The molecule has 0 aliphatic carbocycles. The number of nitrogens with zero attached hydrogens (tertiary/aromatic N) is 1. The van der Waals surface area contributed by atoms with Crippen LogP contribution in [0.2, 0.25) is 0 Å². The predicted molar refractivity (Wildman–Crippen MR) is 104 cm³/mol. The minimum Gasteiger partial charge on any atom is -0.460 e. The van der Waals surface area contributed by atoms with Crippen LogP contribution in [0.5, 0.6) is 0 Å². The average Bonchev–Trinajstić information content (AvgIpc) is 3.03. The maximum atomic E-state index is 12.1. The van der Waals surface area contributed by atoms with Gasteiger partial charge in [0.2, 0.25) is 11.8 Å². The van der Waals surface area contributed by atoms with Crippen LogP contribution in [-0.2, 0) is 16.1 Å². The molecule has 0 fully saturated rings. The third-order valence-corrected chi connectivity index (χ3v) is 4.28. The number of carbonyl (C=O) groups is 2. The largest absolute Gasteiger partial charge is 0.460 e. The van der Waals surface area contributed by atoms with Crippen molar-refractivity contribution in [3.63, 3.8) is 0 Å². The molecule has 0 spiro atoms. The van der Waals surface area contributed by atoms with Gasteiger partial charge >= 0.3 is 0 Å². The van der Waals surface area contributed by atoms with Gasteiger partial charge in [-0.25, -0.2) is 0 Å². The molecule has 2 rings (SSSR count). The first-order valence-electron chi connectivity index (χ1n) is 8.49. The van der Waals surface area contributed by atoms with E-state index < -0.39 is 6.04 Å². The molecule has 0 bridgehead atoms. The molecule has 7 heteroatoms. The summed E-state index contributed by atoms with van der Waals surface area (Å²) in [5, 5.41) is 5.37. The van der Waals surface area contributed by atoms with E-state index in [0.717, 1.165) is 21.6 Å². The van der Waals surface area contributed by atoms with Gasteiger partial charge in [-0.15, -0.1) is 0 Å². The molecule has 1 aromatic carbocycles. The van der Waals surface area contributed by atoms with Crippen molar-refractivity contribution in [2.45, 2.75) is 26.4 Å². The summed E-state index contributed by atoms with van der Waals surface area (Å²) < 4.78 is 6.87. The summed E-state index contributed by atoms with van der Waals surface area (Å²) in [7, 11) is 1.83. The molecular weight excluding hydrogens is 398 g/mol. The van der Waals surface area contributed by atoms with Gasteiger partial charge in [0.15, 0.2) is 0 Å². The first kappa shape index (κ1) is 20.2. The second kappa shape index (κ2) is 9.54. The van der Waals surface area contributed by atoms with E-state index in [9.17, 15) is 9.59 Å². The zero-order valence-electron chi connectivity index (χ0n) is 15.2. The number of furan rings is 1. The van der Waals surface area contributed by atoms with Crippen molar-refractivity contribution in [1.82, 2.24) is 15.5 Å². The third kappa shape index (κ3) is 6.00. The van der Waals surface area contributed by atoms with Crippen LogP contribution in [0.4, 0.5) is 0 Å². The fourth-order valence-electron chi connectivity index (χ4n) is 2.48. The second-order valence-electron chi connectivity index (χ2n) is 6.13. The van der Waals surface area contributed by atoms with Crippen LogP contribution in [0.25, 0.3) is 11.3 Å². The topological polar surface area (TPSA) is 74.6 Å². The van der Waals surface area contributed by atoms with Crippen LogP contribution in [-0.4, -0.2) is 42.9 Å². The lowest BCUT2D eigenvalue weighted by molar-refractivity contribution is -0.129. The van der Waals surface area contributed by atoms with Crippen LogP contribution >= 0.6 is 15.9 Å². The zero-order valence-corrected chi connectivity index (χ0v) is 16.8. The Labute approximate surface area is 162 Å².